The molecular weight excluding hydrogens is 629 g/mol. The number of aromatic nitrogens is 1. The van der Waals surface area contributed by atoms with Gasteiger partial charge in [-0.15, -0.1) is 0 Å². The Hall–Kier alpha value is -6.90. The van der Waals surface area contributed by atoms with Gasteiger partial charge in [0.25, 0.3) is 0 Å². The largest absolute Gasteiger partial charge is 0.354 e. The molecule has 0 aliphatic heterocycles. The van der Waals surface area contributed by atoms with Gasteiger partial charge in [0.15, 0.2) is 0 Å². The summed E-state index contributed by atoms with van der Waals surface area (Å²) in [5.41, 5.74) is 16.4. The highest BCUT2D eigenvalue weighted by atomic mass is 15.1. The molecule has 52 heavy (non-hydrogen) atoms. The average Bonchev–Trinajstić information content (AvgIpc) is 3.62. The standard InChI is InChI=1S/C50H36N2/c1-5-13-36(14-6-1)38-21-28-44(29-22-38)52(45-30-23-39(24-31-45)37-15-7-2-8-16-37)46-32-25-40(26-33-46)43-27-34-48-47(35-43)49(41-17-9-3-10-18-41)50(51-48)42-19-11-4-12-20-42/h1-35,51H. The molecule has 2 nitrogen and oxygen atoms in total. The summed E-state index contributed by atoms with van der Waals surface area (Å²) >= 11 is 0. The van der Waals surface area contributed by atoms with Gasteiger partial charge in [0.1, 0.15) is 0 Å². The zero-order valence-corrected chi connectivity index (χ0v) is 28.7. The van der Waals surface area contributed by atoms with Gasteiger partial charge in [0, 0.05) is 33.5 Å². The summed E-state index contributed by atoms with van der Waals surface area (Å²) in [5.74, 6) is 0. The van der Waals surface area contributed by atoms with Gasteiger partial charge in [-0.1, -0.05) is 164 Å². The molecule has 2 heteroatoms. The van der Waals surface area contributed by atoms with Crippen molar-refractivity contribution in [2.24, 2.45) is 0 Å². The molecule has 9 aromatic rings. The number of hydrogen-bond donors (Lipinski definition) is 1. The summed E-state index contributed by atoms with van der Waals surface area (Å²) in [6.07, 6.45) is 0. The van der Waals surface area contributed by atoms with Crippen LogP contribution in [0.15, 0.2) is 212 Å². The molecule has 1 heterocycles. The quantitative estimate of drug-likeness (QED) is 0.171. The first-order valence-electron chi connectivity index (χ1n) is 17.8. The second-order valence-corrected chi connectivity index (χ2v) is 13.1. The molecule has 0 spiro atoms. The van der Waals surface area contributed by atoms with Crippen LogP contribution in [0.4, 0.5) is 17.1 Å². The Bertz CT molecular complexity index is 2470. The lowest BCUT2D eigenvalue weighted by molar-refractivity contribution is 1.28. The summed E-state index contributed by atoms with van der Waals surface area (Å²) in [5, 5.41) is 1.21. The molecule has 0 fully saturated rings. The van der Waals surface area contributed by atoms with Crippen LogP contribution < -0.4 is 4.90 Å². The van der Waals surface area contributed by atoms with E-state index in [0.717, 1.165) is 28.3 Å². The van der Waals surface area contributed by atoms with Crippen molar-refractivity contribution in [3.63, 3.8) is 0 Å². The van der Waals surface area contributed by atoms with Crippen LogP contribution in [-0.2, 0) is 0 Å². The minimum atomic E-state index is 1.10. The van der Waals surface area contributed by atoms with Crippen molar-refractivity contribution in [3.8, 4) is 55.8 Å². The molecule has 0 saturated heterocycles. The lowest BCUT2D eigenvalue weighted by Crippen LogP contribution is -2.09. The highest BCUT2D eigenvalue weighted by molar-refractivity contribution is 6.05. The Morgan fingerprint density at radius 2 is 0.635 bits per heavy atom. The summed E-state index contributed by atoms with van der Waals surface area (Å²) in [6, 6.07) is 75.9. The Morgan fingerprint density at radius 3 is 1.08 bits per heavy atom. The SMILES string of the molecule is c1ccc(-c2ccc(N(c3ccc(-c4ccccc4)cc3)c3ccc(-c4ccc5[nH]c(-c6ccccc6)c(-c6ccccc6)c5c4)cc3)cc2)cc1. The van der Waals surface area contributed by atoms with Crippen LogP contribution in [0.25, 0.3) is 66.7 Å². The van der Waals surface area contributed by atoms with Crippen LogP contribution in [0.5, 0.6) is 0 Å². The summed E-state index contributed by atoms with van der Waals surface area (Å²) in [4.78, 5) is 6.08. The van der Waals surface area contributed by atoms with E-state index >= 15 is 0 Å². The number of fused-ring (bicyclic) bond motifs is 1. The zero-order valence-electron chi connectivity index (χ0n) is 28.7. The highest BCUT2D eigenvalue weighted by Gasteiger charge is 2.17. The van der Waals surface area contributed by atoms with Crippen molar-refractivity contribution in [2.75, 3.05) is 4.90 Å². The molecular formula is C50H36N2. The molecule has 1 aromatic heterocycles. The molecule has 0 aliphatic rings. The van der Waals surface area contributed by atoms with Crippen LogP contribution in [0.1, 0.15) is 0 Å². The summed E-state index contributed by atoms with van der Waals surface area (Å²) in [6.45, 7) is 0. The van der Waals surface area contributed by atoms with E-state index < -0.39 is 0 Å². The van der Waals surface area contributed by atoms with E-state index in [9.17, 15) is 0 Å². The first-order chi connectivity index (χ1) is 25.8. The van der Waals surface area contributed by atoms with Gasteiger partial charge in [-0.3, -0.25) is 0 Å². The van der Waals surface area contributed by atoms with E-state index in [1.54, 1.807) is 0 Å². The van der Waals surface area contributed by atoms with Gasteiger partial charge in [-0.25, -0.2) is 0 Å². The average molecular weight is 665 g/mol. The van der Waals surface area contributed by atoms with E-state index in [1.165, 1.54) is 55.5 Å². The van der Waals surface area contributed by atoms with Gasteiger partial charge in [0.05, 0.1) is 5.69 Å². The fraction of sp³-hybridized carbons (Fsp3) is 0. The molecule has 1 N–H and O–H groups in total. The molecule has 0 aliphatic carbocycles. The maximum atomic E-state index is 3.74. The first-order valence-corrected chi connectivity index (χ1v) is 17.8. The molecule has 0 bridgehead atoms. The molecule has 246 valence electrons. The van der Waals surface area contributed by atoms with Crippen LogP contribution in [0, 0.1) is 0 Å². The first kappa shape index (κ1) is 31.1. The number of hydrogen-bond acceptors (Lipinski definition) is 1. The Kier molecular flexibility index (Phi) is 8.24. The zero-order chi connectivity index (χ0) is 34.7. The van der Waals surface area contributed by atoms with Crippen LogP contribution >= 0.6 is 0 Å². The van der Waals surface area contributed by atoms with Crippen molar-refractivity contribution in [3.05, 3.63) is 212 Å². The van der Waals surface area contributed by atoms with E-state index in [-0.39, 0.29) is 0 Å². The molecule has 0 radical (unpaired) electrons. The van der Waals surface area contributed by atoms with Crippen LogP contribution in [0.3, 0.4) is 0 Å². The lowest BCUT2D eigenvalue weighted by Gasteiger charge is -2.26. The number of rotatable bonds is 8. The molecule has 8 aromatic carbocycles. The normalized spacial score (nSPS) is 11.1. The van der Waals surface area contributed by atoms with Crippen molar-refractivity contribution < 1.29 is 0 Å². The van der Waals surface area contributed by atoms with Crippen molar-refractivity contribution in [2.45, 2.75) is 0 Å². The predicted octanol–water partition coefficient (Wildman–Crippen LogP) is 14.0. The third kappa shape index (κ3) is 6.08. The van der Waals surface area contributed by atoms with Gasteiger partial charge in [-0.2, -0.15) is 0 Å². The number of anilines is 3. The Morgan fingerprint density at radius 1 is 0.288 bits per heavy atom. The highest BCUT2D eigenvalue weighted by Crippen LogP contribution is 2.41. The van der Waals surface area contributed by atoms with Gasteiger partial charge in [-0.05, 0) is 93.0 Å². The monoisotopic (exact) mass is 664 g/mol. The van der Waals surface area contributed by atoms with Gasteiger partial charge >= 0.3 is 0 Å². The van der Waals surface area contributed by atoms with Crippen LogP contribution in [0.2, 0.25) is 0 Å². The third-order valence-electron chi connectivity index (χ3n) is 9.85. The number of benzene rings is 8. The summed E-state index contributed by atoms with van der Waals surface area (Å²) < 4.78 is 0. The minimum absolute atomic E-state index is 1.10. The minimum Gasteiger partial charge on any atom is -0.354 e. The smallest absolute Gasteiger partial charge is 0.0544 e. The number of nitrogens with one attached hydrogen (secondary N) is 1. The molecule has 0 amide bonds. The topological polar surface area (TPSA) is 19.0 Å². The van der Waals surface area contributed by atoms with Gasteiger partial charge in [0.2, 0.25) is 0 Å². The van der Waals surface area contributed by atoms with E-state index in [0.29, 0.717) is 0 Å². The third-order valence-corrected chi connectivity index (χ3v) is 9.85. The molecule has 0 atom stereocenters. The fourth-order valence-corrected chi connectivity index (χ4v) is 7.21. The van der Waals surface area contributed by atoms with Crippen molar-refractivity contribution >= 4 is 28.0 Å². The van der Waals surface area contributed by atoms with E-state index in [4.69, 9.17) is 0 Å². The van der Waals surface area contributed by atoms with E-state index in [2.05, 4.69) is 222 Å². The summed E-state index contributed by atoms with van der Waals surface area (Å²) in [7, 11) is 0. The number of aromatic amines is 1. The molecule has 9 rings (SSSR count). The molecule has 0 saturated carbocycles. The number of H-pyrrole nitrogens is 1. The second kappa shape index (κ2) is 13.8. The van der Waals surface area contributed by atoms with Crippen molar-refractivity contribution in [1.82, 2.24) is 4.98 Å². The van der Waals surface area contributed by atoms with E-state index in [1.807, 2.05) is 0 Å². The lowest BCUT2D eigenvalue weighted by atomic mass is 9.96. The molecule has 0 unspecified atom stereocenters. The maximum Gasteiger partial charge on any atom is 0.0544 e. The maximum absolute atomic E-state index is 3.74. The van der Waals surface area contributed by atoms with Crippen molar-refractivity contribution in [1.29, 1.82) is 0 Å². The van der Waals surface area contributed by atoms with Gasteiger partial charge < -0.3 is 9.88 Å². The predicted molar refractivity (Wildman–Crippen MR) is 220 cm³/mol. The Labute approximate surface area is 304 Å². The number of nitrogens with zero attached hydrogens (tertiary/aromatic N) is 1. The second-order valence-electron chi connectivity index (χ2n) is 13.1. The fourth-order valence-electron chi connectivity index (χ4n) is 7.21. The Balaban J connectivity index is 1.10. The van der Waals surface area contributed by atoms with Crippen LogP contribution in [-0.4, -0.2) is 4.98 Å².